The molecule has 1 fully saturated rings. The Balaban J connectivity index is 0.00000200. The molecule has 0 aromatic heterocycles. The standard InChI is InChI=1S/C15H22N2O2.ClH/c1-11(12-4-3-5-14(10-12)19-2)15(18)17-8-6-13(16)7-9-17;/h3-5,10-11,13H,6-9,16H2,1-2H3;1H. The summed E-state index contributed by atoms with van der Waals surface area (Å²) in [6, 6.07) is 7.96. The zero-order valence-corrected chi connectivity index (χ0v) is 12.9. The number of carbonyl (C=O) groups is 1. The van der Waals surface area contributed by atoms with E-state index < -0.39 is 0 Å². The van der Waals surface area contributed by atoms with Gasteiger partial charge in [0.1, 0.15) is 5.75 Å². The number of amides is 1. The van der Waals surface area contributed by atoms with E-state index >= 15 is 0 Å². The molecule has 2 rings (SSSR count). The molecule has 20 heavy (non-hydrogen) atoms. The largest absolute Gasteiger partial charge is 0.497 e. The Labute approximate surface area is 126 Å². The summed E-state index contributed by atoms with van der Waals surface area (Å²) in [7, 11) is 1.64. The van der Waals surface area contributed by atoms with E-state index in [1.54, 1.807) is 7.11 Å². The Morgan fingerprint density at radius 1 is 1.40 bits per heavy atom. The van der Waals surface area contributed by atoms with Crippen LogP contribution in [0, 0.1) is 0 Å². The van der Waals surface area contributed by atoms with Crippen LogP contribution in [-0.2, 0) is 4.79 Å². The van der Waals surface area contributed by atoms with Gasteiger partial charge in [0.05, 0.1) is 13.0 Å². The first-order valence-electron chi connectivity index (χ1n) is 6.80. The van der Waals surface area contributed by atoms with Crippen LogP contribution in [-0.4, -0.2) is 37.0 Å². The van der Waals surface area contributed by atoms with Crippen molar-refractivity contribution >= 4 is 18.3 Å². The highest BCUT2D eigenvalue weighted by Crippen LogP contribution is 2.23. The molecule has 1 aromatic rings. The molecule has 1 aromatic carbocycles. The van der Waals surface area contributed by atoms with E-state index in [2.05, 4.69) is 0 Å². The van der Waals surface area contributed by atoms with Crippen molar-refractivity contribution in [2.75, 3.05) is 20.2 Å². The van der Waals surface area contributed by atoms with Crippen LogP contribution in [0.15, 0.2) is 24.3 Å². The molecule has 0 bridgehead atoms. The van der Waals surface area contributed by atoms with Crippen molar-refractivity contribution in [3.63, 3.8) is 0 Å². The lowest BCUT2D eigenvalue weighted by molar-refractivity contribution is -0.133. The van der Waals surface area contributed by atoms with Gasteiger partial charge in [-0.05, 0) is 37.5 Å². The van der Waals surface area contributed by atoms with E-state index in [9.17, 15) is 4.79 Å². The first-order chi connectivity index (χ1) is 9.11. The third kappa shape index (κ3) is 3.87. The van der Waals surface area contributed by atoms with Crippen LogP contribution >= 0.6 is 12.4 Å². The third-order valence-electron chi connectivity index (χ3n) is 3.82. The zero-order valence-electron chi connectivity index (χ0n) is 12.0. The van der Waals surface area contributed by atoms with Crippen molar-refractivity contribution in [2.24, 2.45) is 5.73 Å². The number of rotatable bonds is 3. The number of halogens is 1. The van der Waals surface area contributed by atoms with Crippen LogP contribution in [0.5, 0.6) is 5.75 Å². The second-order valence-corrected chi connectivity index (χ2v) is 5.16. The second-order valence-electron chi connectivity index (χ2n) is 5.16. The first kappa shape index (κ1) is 16.8. The van der Waals surface area contributed by atoms with Gasteiger partial charge in [-0.3, -0.25) is 4.79 Å². The van der Waals surface area contributed by atoms with Crippen LogP contribution in [0.25, 0.3) is 0 Å². The summed E-state index contributed by atoms with van der Waals surface area (Å²) < 4.78 is 5.20. The van der Waals surface area contributed by atoms with Gasteiger partial charge in [-0.1, -0.05) is 12.1 Å². The van der Waals surface area contributed by atoms with Gasteiger partial charge in [0.25, 0.3) is 0 Å². The topological polar surface area (TPSA) is 55.6 Å². The summed E-state index contributed by atoms with van der Waals surface area (Å²) in [5.41, 5.74) is 6.87. The molecule has 0 aliphatic carbocycles. The summed E-state index contributed by atoms with van der Waals surface area (Å²) in [5, 5.41) is 0. The molecule has 1 heterocycles. The summed E-state index contributed by atoms with van der Waals surface area (Å²) in [5.74, 6) is 0.836. The van der Waals surface area contributed by atoms with Gasteiger partial charge < -0.3 is 15.4 Å². The van der Waals surface area contributed by atoms with Gasteiger partial charge in [0, 0.05) is 19.1 Å². The van der Waals surface area contributed by atoms with Crippen molar-refractivity contribution in [3.8, 4) is 5.75 Å². The minimum absolute atomic E-state index is 0. The lowest BCUT2D eigenvalue weighted by Gasteiger charge is -2.32. The quantitative estimate of drug-likeness (QED) is 0.930. The van der Waals surface area contributed by atoms with Crippen LogP contribution < -0.4 is 10.5 Å². The van der Waals surface area contributed by atoms with Crippen LogP contribution in [0.3, 0.4) is 0 Å². The predicted molar refractivity (Wildman–Crippen MR) is 82.4 cm³/mol. The Bertz CT molecular complexity index is 445. The number of carbonyl (C=O) groups excluding carboxylic acids is 1. The number of nitrogens with two attached hydrogens (primary N) is 1. The first-order valence-corrected chi connectivity index (χ1v) is 6.80. The zero-order chi connectivity index (χ0) is 13.8. The molecule has 112 valence electrons. The molecule has 1 unspecified atom stereocenters. The monoisotopic (exact) mass is 298 g/mol. The summed E-state index contributed by atoms with van der Waals surface area (Å²) >= 11 is 0. The summed E-state index contributed by atoms with van der Waals surface area (Å²) in [6.07, 6.45) is 1.80. The van der Waals surface area contributed by atoms with E-state index in [0.717, 1.165) is 37.2 Å². The van der Waals surface area contributed by atoms with Crippen LogP contribution in [0.4, 0.5) is 0 Å². The highest BCUT2D eigenvalue weighted by molar-refractivity contribution is 5.85. The molecule has 4 nitrogen and oxygen atoms in total. The minimum Gasteiger partial charge on any atom is -0.497 e. The fourth-order valence-corrected chi connectivity index (χ4v) is 2.45. The smallest absolute Gasteiger partial charge is 0.229 e. The second kappa shape index (κ2) is 7.50. The molecule has 2 N–H and O–H groups in total. The average Bonchev–Trinajstić information content (AvgIpc) is 2.46. The molecule has 0 spiro atoms. The molecule has 1 aliphatic rings. The summed E-state index contributed by atoms with van der Waals surface area (Å²) in [4.78, 5) is 14.4. The van der Waals surface area contributed by atoms with Gasteiger partial charge in [0.15, 0.2) is 0 Å². The fraction of sp³-hybridized carbons (Fsp3) is 0.533. The average molecular weight is 299 g/mol. The van der Waals surface area contributed by atoms with E-state index in [-0.39, 0.29) is 30.3 Å². The van der Waals surface area contributed by atoms with Gasteiger partial charge in [-0.2, -0.15) is 0 Å². The maximum absolute atomic E-state index is 12.4. The van der Waals surface area contributed by atoms with Crippen molar-refractivity contribution in [3.05, 3.63) is 29.8 Å². The Kier molecular flexibility index (Phi) is 6.30. The lowest BCUT2D eigenvalue weighted by Crippen LogP contribution is -2.44. The van der Waals surface area contributed by atoms with Crippen molar-refractivity contribution < 1.29 is 9.53 Å². The van der Waals surface area contributed by atoms with Gasteiger partial charge in [-0.15, -0.1) is 12.4 Å². The Morgan fingerprint density at radius 3 is 2.65 bits per heavy atom. The summed E-state index contributed by atoms with van der Waals surface area (Å²) in [6.45, 7) is 3.49. The number of ether oxygens (including phenoxy) is 1. The fourth-order valence-electron chi connectivity index (χ4n) is 2.45. The normalized spacial score (nSPS) is 17.2. The van der Waals surface area contributed by atoms with E-state index in [1.165, 1.54) is 0 Å². The van der Waals surface area contributed by atoms with Gasteiger partial charge in [-0.25, -0.2) is 0 Å². The number of piperidine rings is 1. The van der Waals surface area contributed by atoms with E-state index in [0.29, 0.717) is 0 Å². The molecule has 1 aliphatic heterocycles. The third-order valence-corrected chi connectivity index (χ3v) is 3.82. The SMILES string of the molecule is COc1cccc(C(C)C(=O)N2CCC(N)CC2)c1.Cl. The molecular weight excluding hydrogens is 276 g/mol. The number of methoxy groups -OCH3 is 1. The number of hydrogen-bond acceptors (Lipinski definition) is 3. The van der Waals surface area contributed by atoms with Gasteiger partial charge >= 0.3 is 0 Å². The van der Waals surface area contributed by atoms with E-state index in [1.807, 2.05) is 36.1 Å². The number of benzene rings is 1. The Morgan fingerprint density at radius 2 is 2.05 bits per heavy atom. The minimum atomic E-state index is -0.135. The molecule has 1 amide bonds. The predicted octanol–water partition coefficient (Wildman–Crippen LogP) is 2.17. The molecule has 5 heteroatoms. The van der Waals surface area contributed by atoms with Crippen molar-refractivity contribution in [2.45, 2.75) is 31.7 Å². The van der Waals surface area contributed by atoms with Gasteiger partial charge in [0.2, 0.25) is 5.91 Å². The molecule has 0 saturated carbocycles. The molecular formula is C15H23ClN2O2. The van der Waals surface area contributed by atoms with E-state index in [4.69, 9.17) is 10.5 Å². The van der Waals surface area contributed by atoms with Crippen LogP contribution in [0.1, 0.15) is 31.2 Å². The number of hydrogen-bond donors (Lipinski definition) is 1. The molecule has 0 radical (unpaired) electrons. The maximum Gasteiger partial charge on any atom is 0.229 e. The Hall–Kier alpha value is -1.26. The van der Waals surface area contributed by atoms with Crippen molar-refractivity contribution in [1.82, 2.24) is 4.90 Å². The highest BCUT2D eigenvalue weighted by Gasteiger charge is 2.25. The van der Waals surface area contributed by atoms with Crippen molar-refractivity contribution in [1.29, 1.82) is 0 Å². The molecule has 1 saturated heterocycles. The highest BCUT2D eigenvalue weighted by atomic mass is 35.5. The number of nitrogens with zero attached hydrogens (tertiary/aromatic N) is 1. The van der Waals surface area contributed by atoms with Crippen LogP contribution in [0.2, 0.25) is 0 Å². The number of likely N-dealkylation sites (tertiary alicyclic amines) is 1. The molecule has 1 atom stereocenters. The maximum atomic E-state index is 12.4. The lowest BCUT2D eigenvalue weighted by atomic mass is 9.97.